The van der Waals surface area contributed by atoms with Gasteiger partial charge in [0.2, 0.25) is 0 Å². The van der Waals surface area contributed by atoms with E-state index < -0.39 is 8.07 Å². The highest BCUT2D eigenvalue weighted by Gasteiger charge is 2.63. The van der Waals surface area contributed by atoms with Gasteiger partial charge in [0, 0.05) is 0 Å². The first-order valence-corrected chi connectivity index (χ1v) is 20.7. The normalized spacial score (nSPS) is 39.9. The first-order valence-electron chi connectivity index (χ1n) is 17.5. The summed E-state index contributed by atoms with van der Waals surface area (Å²) >= 11 is 0. The Bertz CT molecular complexity index is 1310. The Morgan fingerprint density at radius 2 is 0.905 bits per heavy atom. The average Bonchev–Trinajstić information content (AvgIpc) is 3.49. The zero-order valence-corrected chi connectivity index (χ0v) is 27.8. The maximum atomic E-state index is 2.90. The molecule has 12 unspecified atom stereocenters. The molecule has 0 saturated heterocycles. The van der Waals surface area contributed by atoms with Crippen molar-refractivity contribution >= 4 is 8.07 Å². The Kier molecular flexibility index (Phi) is 7.79. The first-order chi connectivity index (χ1) is 20.4. The van der Waals surface area contributed by atoms with Gasteiger partial charge < -0.3 is 0 Å². The molecule has 4 aliphatic carbocycles. The minimum atomic E-state index is -1.71. The van der Waals surface area contributed by atoms with Gasteiger partial charge in [0.15, 0.2) is 0 Å². The van der Waals surface area contributed by atoms with Crippen molar-refractivity contribution in [2.45, 2.75) is 101 Å². The van der Waals surface area contributed by atoms with Gasteiger partial charge in [-0.3, -0.25) is 0 Å². The number of hydrogen-bond donors (Lipinski definition) is 0. The molecule has 7 rings (SSSR count). The third kappa shape index (κ3) is 4.59. The molecule has 0 aliphatic heterocycles. The summed E-state index contributed by atoms with van der Waals surface area (Å²) in [7, 11) is -1.71. The van der Waals surface area contributed by atoms with Crippen LogP contribution in [0.4, 0.5) is 0 Å². The van der Waals surface area contributed by atoms with Crippen LogP contribution in [0.5, 0.6) is 0 Å². The molecule has 42 heavy (non-hydrogen) atoms. The van der Waals surface area contributed by atoms with Gasteiger partial charge in [0.25, 0.3) is 0 Å². The molecule has 3 aromatic carbocycles. The quantitative estimate of drug-likeness (QED) is 0.266. The highest BCUT2D eigenvalue weighted by molar-refractivity contribution is 6.80. The van der Waals surface area contributed by atoms with E-state index in [0.717, 1.165) is 64.3 Å². The Hall–Kier alpha value is -2.12. The molecule has 0 aromatic heterocycles. The molecule has 0 bridgehead atoms. The van der Waals surface area contributed by atoms with Crippen molar-refractivity contribution in [3.8, 4) is 0 Å². The first kappa shape index (κ1) is 28.6. The molecule has 4 saturated carbocycles. The summed E-state index contributed by atoms with van der Waals surface area (Å²) in [6, 6.07) is 35.2. The fourth-order valence-electron chi connectivity index (χ4n) is 12.6. The van der Waals surface area contributed by atoms with E-state index in [-0.39, 0.29) is 0 Å². The van der Waals surface area contributed by atoms with E-state index in [1.54, 1.807) is 16.7 Å². The van der Waals surface area contributed by atoms with Crippen LogP contribution in [0.2, 0.25) is 24.2 Å². The van der Waals surface area contributed by atoms with Crippen molar-refractivity contribution in [2.24, 2.45) is 41.4 Å². The van der Waals surface area contributed by atoms with Gasteiger partial charge in [-0.2, -0.15) is 0 Å². The maximum absolute atomic E-state index is 2.90. The molecule has 0 heterocycles. The van der Waals surface area contributed by atoms with Crippen LogP contribution in [0, 0.1) is 41.4 Å². The van der Waals surface area contributed by atoms with Crippen molar-refractivity contribution in [3.63, 3.8) is 0 Å². The summed E-state index contributed by atoms with van der Waals surface area (Å²) in [4.78, 5) is 0. The molecule has 4 fully saturated rings. The topological polar surface area (TPSA) is 0 Å². The third-order valence-electron chi connectivity index (χ3n) is 13.9. The zero-order valence-electron chi connectivity index (χ0n) is 26.8. The van der Waals surface area contributed by atoms with Crippen LogP contribution in [0.25, 0.3) is 0 Å². The van der Waals surface area contributed by atoms with Crippen molar-refractivity contribution in [3.05, 3.63) is 108 Å². The molecule has 3 aromatic rings. The molecular weight excluding hydrogens is 521 g/mol. The Labute approximate surface area is 257 Å². The summed E-state index contributed by atoms with van der Waals surface area (Å²) in [6.45, 7) is 13.8. The lowest BCUT2D eigenvalue weighted by atomic mass is 9.68. The molecule has 0 nitrogen and oxygen atoms in total. The fourth-order valence-corrected chi connectivity index (χ4v) is 19.1. The lowest BCUT2D eigenvalue weighted by Gasteiger charge is -2.49. The van der Waals surface area contributed by atoms with Crippen molar-refractivity contribution in [1.29, 1.82) is 0 Å². The van der Waals surface area contributed by atoms with Gasteiger partial charge in [-0.25, -0.2) is 0 Å². The molecule has 4 aliphatic rings. The van der Waals surface area contributed by atoms with Crippen molar-refractivity contribution < 1.29 is 0 Å². The van der Waals surface area contributed by atoms with E-state index in [2.05, 4.69) is 125 Å². The Morgan fingerprint density at radius 1 is 0.476 bits per heavy atom. The SMILES string of the molecule is CC1C(C)C([Si](C)(C)C2C3CCCC(c4ccccc4)C3C(C)C2c2ccccc2)C2CCCC(c3ccccc3)C12. The zero-order chi connectivity index (χ0) is 29.0. The highest BCUT2D eigenvalue weighted by atomic mass is 28.3. The van der Waals surface area contributed by atoms with Crippen LogP contribution in [-0.4, -0.2) is 8.07 Å². The molecule has 12 atom stereocenters. The minimum Gasteiger partial charge on any atom is -0.0689 e. The fraction of sp³-hybridized carbons (Fsp3) is 0.561. The maximum Gasteiger partial charge on any atom is 0.0550 e. The number of hydrogen-bond acceptors (Lipinski definition) is 0. The van der Waals surface area contributed by atoms with E-state index in [9.17, 15) is 0 Å². The largest absolute Gasteiger partial charge is 0.0689 e. The van der Waals surface area contributed by atoms with Gasteiger partial charge in [-0.15, -0.1) is 0 Å². The lowest BCUT2D eigenvalue weighted by molar-refractivity contribution is 0.192. The molecular formula is C41H54Si. The van der Waals surface area contributed by atoms with E-state index in [1.807, 2.05) is 0 Å². The average molecular weight is 575 g/mol. The summed E-state index contributed by atoms with van der Waals surface area (Å²) in [5.74, 6) is 8.07. The van der Waals surface area contributed by atoms with Crippen LogP contribution < -0.4 is 0 Å². The smallest absolute Gasteiger partial charge is 0.0550 e. The summed E-state index contributed by atoms with van der Waals surface area (Å²) in [5.41, 5.74) is 6.70. The van der Waals surface area contributed by atoms with Gasteiger partial charge >= 0.3 is 0 Å². The van der Waals surface area contributed by atoms with Crippen molar-refractivity contribution in [2.75, 3.05) is 0 Å². The monoisotopic (exact) mass is 574 g/mol. The summed E-state index contributed by atoms with van der Waals surface area (Å²) < 4.78 is 0. The second-order valence-electron chi connectivity index (χ2n) is 15.8. The molecule has 0 amide bonds. The van der Waals surface area contributed by atoms with Crippen LogP contribution in [-0.2, 0) is 0 Å². The van der Waals surface area contributed by atoms with Gasteiger partial charge in [-0.05, 0) is 99.8 Å². The van der Waals surface area contributed by atoms with Crippen LogP contribution in [0.1, 0.15) is 93.7 Å². The van der Waals surface area contributed by atoms with Gasteiger partial charge in [-0.1, -0.05) is 151 Å². The third-order valence-corrected chi connectivity index (χ3v) is 19.0. The van der Waals surface area contributed by atoms with E-state index >= 15 is 0 Å². The molecule has 222 valence electrons. The molecule has 1 heteroatoms. The molecule has 0 spiro atoms. The van der Waals surface area contributed by atoms with E-state index in [1.165, 1.54) is 38.5 Å². The lowest BCUT2D eigenvalue weighted by Crippen LogP contribution is -2.47. The second-order valence-corrected chi connectivity index (χ2v) is 20.7. The number of rotatable bonds is 5. The van der Waals surface area contributed by atoms with E-state index in [4.69, 9.17) is 0 Å². The summed E-state index contributed by atoms with van der Waals surface area (Å²) in [6.07, 6.45) is 8.55. The number of benzene rings is 3. The summed E-state index contributed by atoms with van der Waals surface area (Å²) in [5, 5.41) is 0. The molecule has 0 radical (unpaired) electrons. The predicted octanol–water partition coefficient (Wildman–Crippen LogP) is 11.6. The highest BCUT2D eigenvalue weighted by Crippen LogP contribution is 2.71. The van der Waals surface area contributed by atoms with Gasteiger partial charge in [0.05, 0.1) is 8.07 Å². The van der Waals surface area contributed by atoms with Gasteiger partial charge in [0.1, 0.15) is 0 Å². The van der Waals surface area contributed by atoms with Crippen LogP contribution >= 0.6 is 0 Å². The Balaban J connectivity index is 1.30. The van der Waals surface area contributed by atoms with Crippen LogP contribution in [0.3, 0.4) is 0 Å². The minimum absolute atomic E-state index is 0.710. The molecule has 0 N–H and O–H groups in total. The van der Waals surface area contributed by atoms with E-state index in [0.29, 0.717) is 5.92 Å². The Morgan fingerprint density at radius 3 is 1.40 bits per heavy atom. The van der Waals surface area contributed by atoms with Crippen molar-refractivity contribution in [1.82, 2.24) is 0 Å². The second kappa shape index (κ2) is 11.4. The predicted molar refractivity (Wildman–Crippen MR) is 182 cm³/mol. The standard InChI is InChI=1S/C41H54Si/c1-27-28(2)40(35-25-15-23-33(38(27)35)30-17-9-6-10-18-30)42(4,5)41-36-26-16-24-34(31-19-11-7-12-20-31)39(36)29(3)37(41)32-21-13-8-14-22-32/h6-14,17-22,27-29,33-41H,15-16,23-26H2,1-5H3. The number of fused-ring (bicyclic) bond motifs is 2. The van der Waals surface area contributed by atoms with Crippen LogP contribution in [0.15, 0.2) is 91.0 Å².